The number of fused-ring (bicyclic) bond motifs is 1. The van der Waals surface area contributed by atoms with Crippen LogP contribution in [0.4, 0.5) is 0 Å². The molecule has 2 N–H and O–H groups in total. The molecule has 0 aliphatic heterocycles. The Morgan fingerprint density at radius 1 is 1.24 bits per heavy atom. The van der Waals surface area contributed by atoms with Gasteiger partial charge in [-0.2, -0.15) is 5.10 Å². The molecule has 0 fully saturated rings. The molecule has 128 valence electrons. The fourth-order valence-corrected chi connectivity index (χ4v) is 3.68. The molecule has 5 nitrogen and oxygen atoms in total. The summed E-state index contributed by atoms with van der Waals surface area (Å²) in [6.45, 7) is 3.36. The smallest absolute Gasteiger partial charge is 0.138 e. The predicted molar refractivity (Wildman–Crippen MR) is 96.5 cm³/mol. The number of hydrogen-bond acceptors (Lipinski definition) is 4. The van der Waals surface area contributed by atoms with Crippen LogP contribution >= 0.6 is 0 Å². The highest BCUT2D eigenvalue weighted by atomic mass is 16.3. The van der Waals surface area contributed by atoms with Crippen LogP contribution in [-0.4, -0.2) is 26.4 Å². The SMILES string of the molecule is Cc1cc(CNCC2(O)CCc3ccccc32)ccc1-n1cncn1. The minimum absolute atomic E-state index is 0.563. The number of rotatable bonds is 5. The number of nitrogens with zero attached hydrogens (tertiary/aromatic N) is 3. The van der Waals surface area contributed by atoms with Gasteiger partial charge in [-0.15, -0.1) is 0 Å². The van der Waals surface area contributed by atoms with Gasteiger partial charge in [-0.1, -0.05) is 36.4 Å². The van der Waals surface area contributed by atoms with E-state index in [0.717, 1.165) is 36.2 Å². The molecular weight excluding hydrogens is 312 g/mol. The van der Waals surface area contributed by atoms with Crippen LogP contribution in [0.15, 0.2) is 55.1 Å². The predicted octanol–water partition coefficient (Wildman–Crippen LogP) is 2.50. The molecule has 1 aromatic heterocycles. The minimum atomic E-state index is -0.758. The summed E-state index contributed by atoms with van der Waals surface area (Å²) in [7, 11) is 0. The van der Waals surface area contributed by atoms with E-state index in [1.54, 1.807) is 11.0 Å². The first-order valence-electron chi connectivity index (χ1n) is 8.62. The summed E-state index contributed by atoms with van der Waals surface area (Å²) < 4.78 is 1.77. The maximum atomic E-state index is 11.0. The van der Waals surface area contributed by atoms with Crippen molar-refractivity contribution in [1.29, 1.82) is 0 Å². The summed E-state index contributed by atoms with van der Waals surface area (Å²) in [5.74, 6) is 0. The van der Waals surface area contributed by atoms with Gasteiger partial charge < -0.3 is 10.4 Å². The Bertz CT molecular complexity index is 875. The van der Waals surface area contributed by atoms with Crippen LogP contribution in [0.1, 0.15) is 28.7 Å². The van der Waals surface area contributed by atoms with Gasteiger partial charge in [0, 0.05) is 13.1 Å². The first-order valence-corrected chi connectivity index (χ1v) is 8.62. The van der Waals surface area contributed by atoms with Gasteiger partial charge in [-0.3, -0.25) is 0 Å². The lowest BCUT2D eigenvalue weighted by Crippen LogP contribution is -2.36. The quantitative estimate of drug-likeness (QED) is 0.752. The van der Waals surface area contributed by atoms with E-state index in [4.69, 9.17) is 0 Å². The highest BCUT2D eigenvalue weighted by Crippen LogP contribution is 2.36. The van der Waals surface area contributed by atoms with E-state index in [0.29, 0.717) is 6.54 Å². The highest BCUT2D eigenvalue weighted by molar-refractivity contribution is 5.42. The summed E-state index contributed by atoms with van der Waals surface area (Å²) in [5.41, 5.74) is 4.95. The molecule has 0 radical (unpaired) electrons. The van der Waals surface area contributed by atoms with E-state index in [1.165, 1.54) is 17.5 Å². The first kappa shape index (κ1) is 16.0. The van der Waals surface area contributed by atoms with E-state index in [-0.39, 0.29) is 0 Å². The van der Waals surface area contributed by atoms with Crippen molar-refractivity contribution in [2.24, 2.45) is 0 Å². The molecule has 4 rings (SSSR count). The Balaban J connectivity index is 1.42. The Kier molecular flexibility index (Phi) is 4.11. The van der Waals surface area contributed by atoms with Gasteiger partial charge in [0.25, 0.3) is 0 Å². The van der Waals surface area contributed by atoms with Crippen molar-refractivity contribution in [3.8, 4) is 5.69 Å². The molecule has 25 heavy (non-hydrogen) atoms. The van der Waals surface area contributed by atoms with Crippen molar-refractivity contribution in [2.75, 3.05) is 6.54 Å². The van der Waals surface area contributed by atoms with Crippen molar-refractivity contribution >= 4 is 0 Å². The fraction of sp³-hybridized carbons (Fsp3) is 0.300. The zero-order chi connectivity index (χ0) is 17.3. The van der Waals surface area contributed by atoms with Crippen molar-refractivity contribution in [1.82, 2.24) is 20.1 Å². The summed E-state index contributed by atoms with van der Waals surface area (Å²) in [6.07, 6.45) is 4.96. The molecule has 0 amide bonds. The zero-order valence-corrected chi connectivity index (χ0v) is 14.3. The molecule has 5 heteroatoms. The standard InChI is InChI=1S/C20H22N4O/c1-15-10-16(6-7-19(15)24-14-22-13-23-24)11-21-12-20(25)9-8-17-4-2-3-5-18(17)20/h2-7,10,13-14,21,25H,8-9,11-12H2,1H3. The van der Waals surface area contributed by atoms with Gasteiger partial charge in [0.1, 0.15) is 18.3 Å². The van der Waals surface area contributed by atoms with E-state index in [1.807, 2.05) is 18.2 Å². The third-order valence-electron chi connectivity index (χ3n) is 5.00. The number of nitrogens with one attached hydrogen (secondary N) is 1. The first-order chi connectivity index (χ1) is 12.2. The number of aliphatic hydroxyl groups is 1. The lowest BCUT2D eigenvalue weighted by Gasteiger charge is -2.24. The van der Waals surface area contributed by atoms with Gasteiger partial charge in [0.2, 0.25) is 0 Å². The summed E-state index contributed by atoms with van der Waals surface area (Å²) in [4.78, 5) is 3.99. The second-order valence-corrected chi connectivity index (χ2v) is 6.75. The van der Waals surface area contributed by atoms with Gasteiger partial charge >= 0.3 is 0 Å². The largest absolute Gasteiger partial charge is 0.384 e. The molecule has 3 aromatic rings. The van der Waals surface area contributed by atoms with E-state index in [2.05, 4.69) is 46.6 Å². The van der Waals surface area contributed by atoms with Crippen LogP contribution in [0.25, 0.3) is 5.69 Å². The van der Waals surface area contributed by atoms with E-state index in [9.17, 15) is 5.11 Å². The van der Waals surface area contributed by atoms with Crippen molar-refractivity contribution < 1.29 is 5.11 Å². The Labute approximate surface area is 147 Å². The van der Waals surface area contributed by atoms with Crippen LogP contribution < -0.4 is 5.32 Å². The second kappa shape index (κ2) is 6.43. The summed E-state index contributed by atoms with van der Waals surface area (Å²) >= 11 is 0. The van der Waals surface area contributed by atoms with Crippen LogP contribution in [0.3, 0.4) is 0 Å². The topological polar surface area (TPSA) is 63.0 Å². The van der Waals surface area contributed by atoms with E-state index < -0.39 is 5.60 Å². The lowest BCUT2D eigenvalue weighted by molar-refractivity contribution is 0.0384. The number of benzene rings is 2. The number of aromatic nitrogens is 3. The molecule has 1 atom stereocenters. The van der Waals surface area contributed by atoms with Crippen LogP contribution in [0.5, 0.6) is 0 Å². The van der Waals surface area contributed by atoms with Crippen LogP contribution in [0, 0.1) is 6.92 Å². The van der Waals surface area contributed by atoms with Gasteiger partial charge in [-0.25, -0.2) is 9.67 Å². The summed E-state index contributed by atoms with van der Waals surface area (Å²) in [6, 6.07) is 14.5. The Hall–Kier alpha value is -2.50. The molecule has 0 bridgehead atoms. The number of hydrogen-bond donors (Lipinski definition) is 2. The fourth-order valence-electron chi connectivity index (χ4n) is 3.68. The highest BCUT2D eigenvalue weighted by Gasteiger charge is 2.35. The van der Waals surface area contributed by atoms with Gasteiger partial charge in [-0.05, 0) is 48.1 Å². The lowest BCUT2D eigenvalue weighted by atomic mass is 9.96. The van der Waals surface area contributed by atoms with Gasteiger partial charge in [0.05, 0.1) is 5.69 Å². The maximum Gasteiger partial charge on any atom is 0.138 e. The number of aryl methyl sites for hydroxylation is 2. The van der Waals surface area contributed by atoms with Gasteiger partial charge in [0.15, 0.2) is 0 Å². The second-order valence-electron chi connectivity index (χ2n) is 6.75. The third kappa shape index (κ3) is 3.08. The van der Waals surface area contributed by atoms with E-state index >= 15 is 0 Å². The average molecular weight is 334 g/mol. The normalized spacial score (nSPS) is 19.1. The van der Waals surface area contributed by atoms with Crippen molar-refractivity contribution in [3.63, 3.8) is 0 Å². The summed E-state index contributed by atoms with van der Waals surface area (Å²) in [5, 5.41) is 18.6. The zero-order valence-electron chi connectivity index (χ0n) is 14.3. The monoisotopic (exact) mass is 334 g/mol. The third-order valence-corrected chi connectivity index (χ3v) is 5.00. The molecule has 1 unspecified atom stereocenters. The maximum absolute atomic E-state index is 11.0. The van der Waals surface area contributed by atoms with Crippen LogP contribution in [-0.2, 0) is 18.6 Å². The molecule has 1 aliphatic rings. The van der Waals surface area contributed by atoms with Crippen LogP contribution in [0.2, 0.25) is 0 Å². The molecule has 0 spiro atoms. The molecule has 0 saturated heterocycles. The average Bonchev–Trinajstić information content (AvgIpc) is 3.25. The molecule has 2 aromatic carbocycles. The molecular formula is C20H22N4O. The van der Waals surface area contributed by atoms with Crippen molar-refractivity contribution in [2.45, 2.75) is 31.9 Å². The molecule has 0 saturated carbocycles. The Morgan fingerprint density at radius 2 is 2.12 bits per heavy atom. The Morgan fingerprint density at radius 3 is 2.92 bits per heavy atom. The molecule has 1 aliphatic carbocycles. The minimum Gasteiger partial charge on any atom is -0.384 e. The van der Waals surface area contributed by atoms with Crippen molar-refractivity contribution in [3.05, 3.63) is 77.4 Å². The molecule has 1 heterocycles.